The average molecular weight is 416 g/mol. The summed E-state index contributed by atoms with van der Waals surface area (Å²) in [5, 5.41) is 0.486. The van der Waals surface area contributed by atoms with Crippen molar-refractivity contribution in [2.45, 2.75) is 25.7 Å². The van der Waals surface area contributed by atoms with Crippen molar-refractivity contribution in [3.8, 4) is 11.4 Å². The lowest BCUT2D eigenvalue weighted by Crippen LogP contribution is -2.51. The van der Waals surface area contributed by atoms with E-state index in [1.54, 1.807) is 24.1 Å². The van der Waals surface area contributed by atoms with Crippen LogP contribution in [0.2, 0.25) is 5.02 Å². The lowest BCUT2D eigenvalue weighted by atomic mass is 10.1. The Labute approximate surface area is 176 Å². The summed E-state index contributed by atoms with van der Waals surface area (Å²) in [6, 6.07) is 7.28. The van der Waals surface area contributed by atoms with Gasteiger partial charge in [0.15, 0.2) is 0 Å². The summed E-state index contributed by atoms with van der Waals surface area (Å²) in [6.45, 7) is 2.21. The Morgan fingerprint density at radius 3 is 2.24 bits per heavy atom. The maximum Gasteiger partial charge on any atom is 0.257 e. The molecule has 1 saturated heterocycles. The fourth-order valence-electron chi connectivity index (χ4n) is 4.30. The number of methoxy groups -OCH3 is 1. The van der Waals surface area contributed by atoms with Crippen LogP contribution in [0.15, 0.2) is 36.7 Å². The molecule has 4 rings (SSSR count). The maximum atomic E-state index is 13.1. The second kappa shape index (κ2) is 8.49. The third-order valence-corrected chi connectivity index (χ3v) is 6.27. The van der Waals surface area contributed by atoms with Crippen molar-refractivity contribution in [2.24, 2.45) is 5.92 Å². The molecule has 6 nitrogen and oxygen atoms in total. The number of carbonyl (C=O) groups is 2. The van der Waals surface area contributed by atoms with Crippen molar-refractivity contribution >= 4 is 23.4 Å². The summed E-state index contributed by atoms with van der Waals surface area (Å²) in [7, 11) is 1.55. The Morgan fingerprint density at radius 1 is 1.00 bits per heavy atom. The molecule has 0 radical (unpaired) electrons. The minimum Gasteiger partial charge on any atom is -0.496 e. The van der Waals surface area contributed by atoms with E-state index in [4.69, 9.17) is 16.3 Å². The van der Waals surface area contributed by atoms with Crippen LogP contribution >= 0.6 is 11.6 Å². The van der Waals surface area contributed by atoms with Gasteiger partial charge in [-0.3, -0.25) is 9.59 Å². The van der Waals surface area contributed by atoms with Gasteiger partial charge in [-0.05, 0) is 31.0 Å². The Kier molecular flexibility index (Phi) is 5.81. The Morgan fingerprint density at radius 2 is 1.62 bits per heavy atom. The zero-order valence-electron chi connectivity index (χ0n) is 16.6. The summed E-state index contributed by atoms with van der Waals surface area (Å²) in [6.07, 6.45) is 8.08. The van der Waals surface area contributed by atoms with Crippen LogP contribution in [0, 0.1) is 5.92 Å². The molecule has 2 aliphatic rings. The van der Waals surface area contributed by atoms with E-state index in [9.17, 15) is 9.59 Å². The van der Waals surface area contributed by atoms with Gasteiger partial charge in [0.05, 0.1) is 23.4 Å². The number of halogens is 1. The van der Waals surface area contributed by atoms with E-state index in [-0.39, 0.29) is 17.7 Å². The molecule has 1 aliphatic heterocycles. The van der Waals surface area contributed by atoms with Crippen LogP contribution in [-0.4, -0.2) is 59.5 Å². The largest absolute Gasteiger partial charge is 0.496 e. The molecule has 2 aromatic rings. The smallest absolute Gasteiger partial charge is 0.257 e. The van der Waals surface area contributed by atoms with Gasteiger partial charge in [0.25, 0.3) is 5.91 Å². The number of benzene rings is 1. The Bertz CT molecular complexity index is 883. The highest BCUT2D eigenvalue weighted by Crippen LogP contribution is 2.31. The molecule has 0 bridgehead atoms. The number of nitrogens with zero attached hydrogens (tertiary/aromatic N) is 3. The zero-order chi connectivity index (χ0) is 20.4. The number of hydrogen-bond donors (Lipinski definition) is 0. The van der Waals surface area contributed by atoms with E-state index in [1.165, 1.54) is 0 Å². The Balaban J connectivity index is 1.47. The Hall–Kier alpha value is -2.47. The summed E-state index contributed by atoms with van der Waals surface area (Å²) in [5.41, 5.74) is 1.21. The van der Waals surface area contributed by atoms with Crippen molar-refractivity contribution in [1.82, 2.24) is 14.4 Å². The van der Waals surface area contributed by atoms with E-state index < -0.39 is 0 Å². The highest BCUT2D eigenvalue weighted by Gasteiger charge is 2.31. The third-order valence-electron chi connectivity index (χ3n) is 5.96. The normalized spacial score (nSPS) is 17.6. The van der Waals surface area contributed by atoms with Crippen LogP contribution in [0.4, 0.5) is 0 Å². The van der Waals surface area contributed by atoms with Crippen LogP contribution in [-0.2, 0) is 4.79 Å². The lowest BCUT2D eigenvalue weighted by Gasteiger charge is -2.36. The first kappa shape index (κ1) is 19.8. The van der Waals surface area contributed by atoms with Gasteiger partial charge < -0.3 is 19.1 Å². The first-order valence-electron chi connectivity index (χ1n) is 10.2. The fraction of sp³-hybridized carbons (Fsp3) is 0.455. The van der Waals surface area contributed by atoms with Gasteiger partial charge >= 0.3 is 0 Å². The van der Waals surface area contributed by atoms with Gasteiger partial charge in [0, 0.05) is 50.6 Å². The molecule has 2 fully saturated rings. The van der Waals surface area contributed by atoms with Crippen molar-refractivity contribution in [1.29, 1.82) is 0 Å². The average Bonchev–Trinajstić information content (AvgIpc) is 3.47. The molecule has 154 valence electrons. The van der Waals surface area contributed by atoms with Crippen LogP contribution in [0.3, 0.4) is 0 Å². The molecule has 1 saturated carbocycles. The third kappa shape index (κ3) is 3.99. The van der Waals surface area contributed by atoms with Gasteiger partial charge in [0.1, 0.15) is 5.75 Å². The van der Waals surface area contributed by atoms with E-state index in [0.29, 0.717) is 42.5 Å². The van der Waals surface area contributed by atoms with E-state index in [2.05, 4.69) is 0 Å². The lowest BCUT2D eigenvalue weighted by molar-refractivity contribution is -0.136. The zero-order valence-corrected chi connectivity index (χ0v) is 17.4. The molecule has 2 amide bonds. The highest BCUT2D eigenvalue weighted by molar-refractivity contribution is 6.33. The molecule has 1 aromatic carbocycles. The number of amides is 2. The molecule has 1 aliphatic carbocycles. The van der Waals surface area contributed by atoms with Crippen LogP contribution in [0.25, 0.3) is 5.69 Å². The summed E-state index contributed by atoms with van der Waals surface area (Å²) in [5.74, 6) is 0.812. The molecule has 0 spiro atoms. The minimum absolute atomic E-state index is 0.115. The standard InChI is InChI=1S/C22H26ClN3O3/c1-29-20-15-19(24-8-4-5-9-24)18(23)14-17(20)22(28)26-12-10-25(11-13-26)21(27)16-6-2-3-7-16/h4-5,8-9,14-16H,2-3,6-7,10-13H2,1H3. The summed E-state index contributed by atoms with van der Waals surface area (Å²) in [4.78, 5) is 29.5. The number of carbonyl (C=O) groups excluding carboxylic acids is 2. The summed E-state index contributed by atoms with van der Waals surface area (Å²) >= 11 is 6.47. The van der Waals surface area contributed by atoms with Crippen molar-refractivity contribution < 1.29 is 14.3 Å². The highest BCUT2D eigenvalue weighted by atomic mass is 35.5. The van der Waals surface area contributed by atoms with Crippen molar-refractivity contribution in [3.63, 3.8) is 0 Å². The maximum absolute atomic E-state index is 13.1. The van der Waals surface area contributed by atoms with E-state index >= 15 is 0 Å². The van der Waals surface area contributed by atoms with E-state index in [0.717, 1.165) is 31.4 Å². The topological polar surface area (TPSA) is 54.8 Å². The number of hydrogen-bond acceptors (Lipinski definition) is 3. The van der Waals surface area contributed by atoms with Gasteiger partial charge in [-0.25, -0.2) is 0 Å². The van der Waals surface area contributed by atoms with Crippen LogP contribution < -0.4 is 4.74 Å². The van der Waals surface area contributed by atoms with Gasteiger partial charge in [-0.2, -0.15) is 0 Å². The molecule has 1 aromatic heterocycles. The first-order chi connectivity index (χ1) is 14.1. The van der Waals surface area contributed by atoms with E-state index in [1.807, 2.05) is 34.0 Å². The molecular weight excluding hydrogens is 390 g/mol. The van der Waals surface area contributed by atoms with Crippen LogP contribution in [0.1, 0.15) is 36.0 Å². The van der Waals surface area contributed by atoms with Gasteiger partial charge in [-0.15, -0.1) is 0 Å². The predicted octanol–water partition coefficient (Wildman–Crippen LogP) is 3.61. The molecule has 2 heterocycles. The van der Waals surface area contributed by atoms with Crippen LogP contribution in [0.5, 0.6) is 5.75 Å². The molecular formula is C22H26ClN3O3. The number of ether oxygens (including phenoxy) is 1. The first-order valence-corrected chi connectivity index (χ1v) is 10.5. The van der Waals surface area contributed by atoms with Crippen molar-refractivity contribution in [3.05, 3.63) is 47.2 Å². The number of rotatable bonds is 4. The number of piperazine rings is 1. The molecule has 7 heteroatoms. The minimum atomic E-state index is -0.115. The predicted molar refractivity (Wildman–Crippen MR) is 112 cm³/mol. The molecule has 0 unspecified atom stereocenters. The monoisotopic (exact) mass is 415 g/mol. The molecule has 0 N–H and O–H groups in total. The summed E-state index contributed by atoms with van der Waals surface area (Å²) < 4.78 is 7.38. The van der Waals surface area contributed by atoms with Gasteiger partial charge in [-0.1, -0.05) is 24.4 Å². The number of aromatic nitrogens is 1. The van der Waals surface area contributed by atoms with Gasteiger partial charge in [0.2, 0.25) is 5.91 Å². The quantitative estimate of drug-likeness (QED) is 0.766. The molecule has 29 heavy (non-hydrogen) atoms. The van der Waals surface area contributed by atoms with Crippen molar-refractivity contribution in [2.75, 3.05) is 33.3 Å². The second-order valence-electron chi connectivity index (χ2n) is 7.69. The fourth-order valence-corrected chi connectivity index (χ4v) is 4.56. The SMILES string of the molecule is COc1cc(-n2cccc2)c(Cl)cc1C(=O)N1CCN(C(=O)C2CCCC2)CC1. The molecule has 0 atom stereocenters. The second-order valence-corrected chi connectivity index (χ2v) is 8.10.